The van der Waals surface area contributed by atoms with Gasteiger partial charge in [-0.25, -0.2) is 0 Å². The summed E-state index contributed by atoms with van der Waals surface area (Å²) in [5.74, 6) is 0.636. The second-order valence-corrected chi connectivity index (χ2v) is 17.2. The van der Waals surface area contributed by atoms with Crippen LogP contribution in [0.4, 0.5) is 0 Å². The van der Waals surface area contributed by atoms with Crippen LogP contribution in [0.3, 0.4) is 0 Å². The molecule has 40 heavy (non-hydrogen) atoms. The predicted octanol–water partition coefficient (Wildman–Crippen LogP) is 9.28. The molecule has 0 saturated heterocycles. The largest absolute Gasteiger partial charge is 0.135 e. The molecular weight excluding hydrogens is 497 g/mol. The highest BCUT2D eigenvalue weighted by molar-refractivity contribution is 6.92. The van der Waals surface area contributed by atoms with Crippen LogP contribution >= 0.6 is 0 Å². The summed E-state index contributed by atoms with van der Waals surface area (Å²) in [7, 11) is -1.06. The Morgan fingerprint density at radius 3 is 1.98 bits per heavy atom. The smallest absolute Gasteiger partial charge is 0.0640 e. The molecule has 0 amide bonds. The van der Waals surface area contributed by atoms with Crippen molar-refractivity contribution in [3.8, 4) is 33.4 Å². The zero-order valence-electron chi connectivity index (χ0n) is 25.4. The van der Waals surface area contributed by atoms with Gasteiger partial charge in [-0.05, 0) is 89.2 Å². The van der Waals surface area contributed by atoms with Gasteiger partial charge in [-0.3, -0.25) is 0 Å². The lowest BCUT2D eigenvalue weighted by atomic mass is 9.77. The summed E-state index contributed by atoms with van der Waals surface area (Å²) in [4.78, 5) is 0. The van der Waals surface area contributed by atoms with Crippen LogP contribution in [-0.2, 0) is 10.8 Å². The van der Waals surface area contributed by atoms with E-state index in [0.29, 0.717) is 11.5 Å². The molecule has 201 valence electrons. The second kappa shape index (κ2) is 8.67. The number of benzene rings is 4. The van der Waals surface area contributed by atoms with Crippen molar-refractivity contribution >= 4 is 25.2 Å². The van der Waals surface area contributed by atoms with Crippen molar-refractivity contribution in [2.75, 3.05) is 0 Å². The van der Waals surface area contributed by atoms with Crippen LogP contribution in [0.2, 0.25) is 0 Å². The third kappa shape index (κ3) is 3.77. The maximum absolute atomic E-state index is 2.58. The quantitative estimate of drug-likeness (QED) is 0.228. The van der Waals surface area contributed by atoms with Crippen LogP contribution in [0, 0.1) is 5.92 Å². The predicted molar refractivity (Wildman–Crippen MR) is 175 cm³/mol. The second-order valence-electron chi connectivity index (χ2n) is 14.7. The molecule has 1 unspecified atom stereocenters. The first-order chi connectivity index (χ1) is 18.9. The average molecular weight is 538 g/mol. The molecule has 1 aliphatic carbocycles. The number of rotatable bonds is 3. The number of fused-ring (bicyclic) bond motifs is 6. The van der Waals surface area contributed by atoms with Gasteiger partial charge in [-0.2, -0.15) is 0 Å². The summed E-state index contributed by atoms with van der Waals surface area (Å²) in [6.07, 6.45) is 3.75. The van der Waals surface area contributed by atoms with E-state index in [0.717, 1.165) is 6.42 Å². The summed E-state index contributed by atoms with van der Waals surface area (Å²) in [5.41, 5.74) is 17.0. The Bertz CT molecular complexity index is 1680. The van der Waals surface area contributed by atoms with E-state index in [1.54, 1.807) is 21.5 Å². The lowest BCUT2D eigenvalue weighted by molar-refractivity contribution is 0.569. The fourth-order valence-electron chi connectivity index (χ4n) is 7.37. The maximum Gasteiger partial charge on any atom is 0.135 e. The Morgan fingerprint density at radius 2 is 1.32 bits per heavy atom. The summed E-state index contributed by atoms with van der Waals surface area (Å²) >= 11 is 0. The minimum atomic E-state index is -1.06. The van der Waals surface area contributed by atoms with Crippen molar-refractivity contribution in [2.24, 2.45) is 5.92 Å². The van der Waals surface area contributed by atoms with E-state index in [1.165, 1.54) is 50.1 Å². The van der Waals surface area contributed by atoms with Crippen LogP contribution in [0.5, 0.6) is 0 Å². The third-order valence-electron chi connectivity index (χ3n) is 9.30. The van der Waals surface area contributed by atoms with Gasteiger partial charge < -0.3 is 0 Å². The number of allylic oxidation sites excluding steroid dienone is 1. The maximum atomic E-state index is 2.58. The Hall–Kier alpha value is -3.16. The van der Waals surface area contributed by atoms with Gasteiger partial charge in [0.2, 0.25) is 0 Å². The van der Waals surface area contributed by atoms with Crippen molar-refractivity contribution in [2.45, 2.75) is 78.2 Å². The Balaban J connectivity index is 1.60. The highest BCUT2D eigenvalue weighted by Crippen LogP contribution is 2.53. The average Bonchev–Trinajstić information content (AvgIpc) is 3.38. The third-order valence-corrected chi connectivity index (χ3v) is 12.6. The molecule has 0 fully saturated rings. The van der Waals surface area contributed by atoms with Gasteiger partial charge in [0.15, 0.2) is 0 Å². The zero-order chi connectivity index (χ0) is 28.1. The van der Waals surface area contributed by atoms with Crippen molar-refractivity contribution in [1.29, 1.82) is 0 Å². The zero-order valence-corrected chi connectivity index (χ0v) is 26.4. The molecule has 1 atom stereocenters. The molecule has 1 radical (unpaired) electrons. The Morgan fingerprint density at radius 1 is 0.700 bits per heavy atom. The first-order valence-corrected chi connectivity index (χ1v) is 16.7. The van der Waals surface area contributed by atoms with Crippen LogP contribution in [0.15, 0.2) is 78.4 Å². The summed E-state index contributed by atoms with van der Waals surface area (Å²) in [6.45, 7) is 18.9. The van der Waals surface area contributed by atoms with Crippen LogP contribution in [0.1, 0.15) is 89.6 Å². The van der Waals surface area contributed by atoms with Gasteiger partial charge in [0.05, 0.1) is 0 Å². The van der Waals surface area contributed by atoms with E-state index in [2.05, 4.69) is 134 Å². The van der Waals surface area contributed by atoms with Crippen LogP contribution < -0.4 is 10.4 Å². The monoisotopic (exact) mass is 537 g/mol. The van der Waals surface area contributed by atoms with Gasteiger partial charge in [-0.15, -0.1) is 0 Å². The van der Waals surface area contributed by atoms with E-state index in [-0.39, 0.29) is 10.8 Å². The van der Waals surface area contributed by atoms with Crippen LogP contribution in [0.25, 0.3) is 39.5 Å². The van der Waals surface area contributed by atoms with E-state index < -0.39 is 8.80 Å². The summed E-state index contributed by atoms with van der Waals surface area (Å²) in [6, 6.07) is 28.8. The van der Waals surface area contributed by atoms with Gasteiger partial charge in [0.1, 0.15) is 8.80 Å². The lowest BCUT2D eigenvalue weighted by Crippen LogP contribution is -2.44. The molecule has 7 rings (SSSR count). The van der Waals surface area contributed by atoms with Gasteiger partial charge >= 0.3 is 0 Å². The lowest BCUT2D eigenvalue weighted by Gasteiger charge is -2.28. The van der Waals surface area contributed by atoms with E-state index in [9.17, 15) is 0 Å². The van der Waals surface area contributed by atoms with Crippen LogP contribution in [-0.4, -0.2) is 8.80 Å². The first kappa shape index (κ1) is 25.8. The molecule has 0 aromatic heterocycles. The molecule has 2 heterocycles. The molecule has 0 saturated carbocycles. The molecule has 4 aromatic carbocycles. The Labute approximate surface area is 242 Å². The Kier molecular flexibility index (Phi) is 5.59. The fourth-order valence-corrected chi connectivity index (χ4v) is 11.2. The van der Waals surface area contributed by atoms with Crippen molar-refractivity contribution < 1.29 is 0 Å². The summed E-state index contributed by atoms with van der Waals surface area (Å²) < 4.78 is 0. The minimum Gasteiger partial charge on any atom is -0.0640 e. The van der Waals surface area contributed by atoms with Crippen molar-refractivity contribution in [3.05, 3.63) is 101 Å². The minimum absolute atomic E-state index is 0.0825. The molecular formula is C39H41Si. The van der Waals surface area contributed by atoms with Crippen molar-refractivity contribution in [1.82, 2.24) is 0 Å². The fraction of sp³-hybridized carbons (Fsp3) is 0.333. The highest BCUT2D eigenvalue weighted by atomic mass is 28.3. The summed E-state index contributed by atoms with van der Waals surface area (Å²) in [5, 5.41) is 3.25. The van der Waals surface area contributed by atoms with Gasteiger partial charge in [-0.1, -0.05) is 140 Å². The van der Waals surface area contributed by atoms with E-state index >= 15 is 0 Å². The molecule has 2 aliphatic heterocycles. The highest BCUT2D eigenvalue weighted by Gasteiger charge is 2.46. The van der Waals surface area contributed by atoms with E-state index in [1.807, 2.05) is 0 Å². The molecule has 0 N–H and O–H groups in total. The molecule has 3 aliphatic rings. The van der Waals surface area contributed by atoms with Crippen molar-refractivity contribution in [3.63, 3.8) is 0 Å². The first-order valence-electron chi connectivity index (χ1n) is 15.1. The number of hydrogen-bond acceptors (Lipinski definition) is 0. The molecule has 0 spiro atoms. The SMILES string of the molecule is CC(C)CC1=Cc2ccc3c(-c4cc(C(C)(C)C)cc(C(C)(C)C)c4)c2C1[Si]1c2ccccc2-c2cccc-3c21. The number of hydrogen-bond donors (Lipinski definition) is 0. The van der Waals surface area contributed by atoms with Gasteiger partial charge in [0, 0.05) is 5.54 Å². The standard InChI is InChI=1S/C39H41Si/c1-23(2)18-26-19-24-16-17-30-32-14-11-13-31-29-12-9-10-15-33(29)40(37(31)32)36(26)35(24)34(30)25-20-27(38(3,4)5)22-28(21-25)39(6,7)8/h9-17,19-23,36H,18H2,1-8H3. The molecule has 0 nitrogen and oxygen atoms in total. The molecule has 1 heteroatoms. The molecule has 2 bridgehead atoms. The van der Waals surface area contributed by atoms with Gasteiger partial charge in [0.25, 0.3) is 0 Å². The van der Waals surface area contributed by atoms with E-state index in [4.69, 9.17) is 0 Å². The topological polar surface area (TPSA) is 0 Å². The normalized spacial score (nSPS) is 17.1. The molecule has 4 aromatic rings.